The van der Waals surface area contributed by atoms with Crippen LogP contribution in [0.1, 0.15) is 21.7 Å². The van der Waals surface area contributed by atoms with Gasteiger partial charge in [0.2, 0.25) is 5.78 Å². The first kappa shape index (κ1) is 16.8. The lowest BCUT2D eigenvalue weighted by Crippen LogP contribution is -2.03. The van der Waals surface area contributed by atoms with Crippen molar-refractivity contribution >= 4 is 5.78 Å². The molecular weight excluding hydrogens is 340 g/mol. The molecule has 0 bridgehead atoms. The second-order valence-electron chi connectivity index (χ2n) is 6.24. The monoisotopic (exact) mass is 358 g/mol. The van der Waals surface area contributed by atoms with Crippen LogP contribution in [0.15, 0.2) is 77.7 Å². The van der Waals surface area contributed by atoms with Crippen LogP contribution in [0.2, 0.25) is 0 Å². The Morgan fingerprint density at radius 1 is 1.11 bits per heavy atom. The van der Waals surface area contributed by atoms with Gasteiger partial charge in [-0.25, -0.2) is 0 Å². The molecule has 27 heavy (non-hydrogen) atoms. The molecule has 0 aliphatic heterocycles. The predicted octanol–water partition coefficient (Wildman–Crippen LogP) is 5.20. The number of ether oxygens (including phenoxy) is 1. The lowest BCUT2D eigenvalue weighted by Gasteiger charge is -2.08. The average molecular weight is 358 g/mol. The van der Waals surface area contributed by atoms with Crippen LogP contribution < -0.4 is 4.74 Å². The Morgan fingerprint density at radius 2 is 1.96 bits per heavy atom. The van der Waals surface area contributed by atoms with E-state index in [0.717, 1.165) is 22.5 Å². The van der Waals surface area contributed by atoms with Crippen LogP contribution in [-0.2, 0) is 6.42 Å². The zero-order valence-corrected chi connectivity index (χ0v) is 14.8. The van der Waals surface area contributed by atoms with Crippen molar-refractivity contribution in [1.29, 1.82) is 0 Å². The van der Waals surface area contributed by atoms with Crippen molar-refractivity contribution in [2.24, 2.45) is 0 Å². The van der Waals surface area contributed by atoms with E-state index in [2.05, 4.69) is 9.97 Å². The minimum Gasteiger partial charge on any atom is -0.461 e. The summed E-state index contributed by atoms with van der Waals surface area (Å²) >= 11 is 0. The number of aryl methyl sites for hydroxylation is 1. The largest absolute Gasteiger partial charge is 0.461 e. The van der Waals surface area contributed by atoms with Gasteiger partial charge < -0.3 is 14.1 Å². The maximum atomic E-state index is 12.3. The maximum absolute atomic E-state index is 12.3. The van der Waals surface area contributed by atoms with Gasteiger partial charge in [-0.15, -0.1) is 0 Å². The zero-order chi connectivity index (χ0) is 18.6. The number of carbonyl (C=O) groups excluding carboxylic acids is 1. The highest BCUT2D eigenvalue weighted by molar-refractivity contribution is 5.96. The van der Waals surface area contributed by atoms with E-state index in [9.17, 15) is 4.79 Å². The van der Waals surface area contributed by atoms with Crippen LogP contribution in [0.3, 0.4) is 0 Å². The van der Waals surface area contributed by atoms with E-state index in [1.54, 1.807) is 12.3 Å². The second-order valence-corrected chi connectivity index (χ2v) is 6.24. The van der Waals surface area contributed by atoms with Gasteiger partial charge in [0.1, 0.15) is 11.5 Å². The molecule has 0 aliphatic rings. The standard InChI is InChI=1S/C22H18N2O3/c1-15-9-12-26-22(15)21(25)13-16-4-6-17(7-5-16)27-18-8-11-24-20(14-18)19-3-2-10-23-19/h2-12,14,23H,13H2,1H3. The average Bonchev–Trinajstić information content (AvgIpc) is 3.35. The first-order chi connectivity index (χ1) is 13.2. The van der Waals surface area contributed by atoms with E-state index in [4.69, 9.17) is 9.15 Å². The molecule has 4 aromatic rings. The number of H-pyrrole nitrogens is 1. The normalized spacial score (nSPS) is 10.7. The van der Waals surface area contributed by atoms with E-state index < -0.39 is 0 Å². The highest BCUT2D eigenvalue weighted by Gasteiger charge is 2.13. The van der Waals surface area contributed by atoms with E-state index >= 15 is 0 Å². The van der Waals surface area contributed by atoms with Crippen LogP contribution in [0.25, 0.3) is 11.4 Å². The Bertz CT molecular complexity index is 1050. The molecular formula is C22H18N2O3. The fraction of sp³-hybridized carbons (Fsp3) is 0.0909. The van der Waals surface area contributed by atoms with Gasteiger partial charge in [-0.3, -0.25) is 9.78 Å². The number of rotatable bonds is 6. The number of hydrogen-bond donors (Lipinski definition) is 1. The molecule has 0 unspecified atom stereocenters. The quantitative estimate of drug-likeness (QED) is 0.481. The highest BCUT2D eigenvalue weighted by atomic mass is 16.5. The van der Waals surface area contributed by atoms with Gasteiger partial charge in [0.25, 0.3) is 0 Å². The molecule has 3 heterocycles. The zero-order valence-electron chi connectivity index (χ0n) is 14.8. The van der Waals surface area contributed by atoms with Crippen LogP contribution in [0.4, 0.5) is 0 Å². The number of pyridine rings is 1. The third-order valence-electron chi connectivity index (χ3n) is 4.24. The van der Waals surface area contributed by atoms with Crippen molar-refractivity contribution in [2.75, 3.05) is 0 Å². The Balaban J connectivity index is 1.45. The van der Waals surface area contributed by atoms with E-state index in [1.807, 2.05) is 61.7 Å². The molecule has 0 amide bonds. The second kappa shape index (κ2) is 7.33. The van der Waals surface area contributed by atoms with Gasteiger partial charge in [-0.05, 0) is 54.4 Å². The fourth-order valence-corrected chi connectivity index (χ4v) is 2.85. The number of furan rings is 1. The van der Waals surface area contributed by atoms with Crippen molar-refractivity contribution in [1.82, 2.24) is 9.97 Å². The smallest absolute Gasteiger partial charge is 0.202 e. The lowest BCUT2D eigenvalue weighted by atomic mass is 10.1. The van der Waals surface area contributed by atoms with E-state index in [-0.39, 0.29) is 5.78 Å². The number of aromatic nitrogens is 2. The number of carbonyl (C=O) groups is 1. The first-order valence-corrected chi connectivity index (χ1v) is 8.63. The molecule has 5 nitrogen and oxygen atoms in total. The number of aromatic amines is 1. The Labute approximate surface area is 156 Å². The molecule has 0 saturated heterocycles. The molecule has 0 radical (unpaired) electrons. The molecule has 3 aromatic heterocycles. The summed E-state index contributed by atoms with van der Waals surface area (Å²) in [5.74, 6) is 1.79. The van der Waals surface area contributed by atoms with Crippen LogP contribution in [0, 0.1) is 6.92 Å². The van der Waals surface area contributed by atoms with Gasteiger partial charge in [0.05, 0.1) is 17.7 Å². The van der Waals surface area contributed by atoms with Crippen molar-refractivity contribution < 1.29 is 13.9 Å². The summed E-state index contributed by atoms with van der Waals surface area (Å²) in [6, 6.07) is 16.8. The summed E-state index contributed by atoms with van der Waals surface area (Å²) in [5.41, 5.74) is 3.51. The summed E-state index contributed by atoms with van der Waals surface area (Å²) in [4.78, 5) is 19.8. The van der Waals surface area contributed by atoms with Crippen molar-refractivity contribution in [3.63, 3.8) is 0 Å². The fourth-order valence-electron chi connectivity index (χ4n) is 2.85. The summed E-state index contributed by atoms with van der Waals surface area (Å²) in [5, 5.41) is 0. The van der Waals surface area contributed by atoms with Crippen LogP contribution in [0.5, 0.6) is 11.5 Å². The molecule has 0 saturated carbocycles. The SMILES string of the molecule is Cc1ccoc1C(=O)Cc1ccc(Oc2ccnc(-c3ccc[nH]3)c2)cc1. The molecule has 0 aliphatic carbocycles. The molecule has 1 aromatic carbocycles. The minimum atomic E-state index is -0.0316. The summed E-state index contributed by atoms with van der Waals surface area (Å²) in [6.07, 6.45) is 5.40. The third-order valence-corrected chi connectivity index (χ3v) is 4.24. The molecule has 0 fully saturated rings. The van der Waals surface area contributed by atoms with Crippen LogP contribution >= 0.6 is 0 Å². The Kier molecular flexibility index (Phi) is 4.58. The van der Waals surface area contributed by atoms with Crippen molar-refractivity contribution in [3.05, 3.63) is 90.1 Å². The minimum absolute atomic E-state index is 0.0316. The third kappa shape index (κ3) is 3.82. The highest BCUT2D eigenvalue weighted by Crippen LogP contribution is 2.25. The lowest BCUT2D eigenvalue weighted by molar-refractivity contribution is 0.0965. The van der Waals surface area contributed by atoms with Gasteiger partial charge in [0, 0.05) is 24.9 Å². The van der Waals surface area contributed by atoms with Gasteiger partial charge in [0.15, 0.2) is 5.76 Å². The molecule has 5 heteroatoms. The molecule has 0 spiro atoms. The molecule has 4 rings (SSSR count). The van der Waals surface area contributed by atoms with Gasteiger partial charge in [-0.2, -0.15) is 0 Å². The van der Waals surface area contributed by atoms with Crippen molar-refractivity contribution in [3.8, 4) is 22.9 Å². The predicted molar refractivity (Wildman–Crippen MR) is 102 cm³/mol. The molecule has 1 N–H and O–H groups in total. The summed E-state index contributed by atoms with van der Waals surface area (Å²) in [6.45, 7) is 1.86. The first-order valence-electron chi connectivity index (χ1n) is 8.63. The maximum Gasteiger partial charge on any atom is 0.202 e. The number of ketones is 1. The molecule has 134 valence electrons. The number of Topliss-reactive ketones (excluding diaryl/α,β-unsaturated/α-hetero) is 1. The van der Waals surface area contributed by atoms with Crippen LogP contribution in [-0.4, -0.2) is 15.8 Å². The summed E-state index contributed by atoms with van der Waals surface area (Å²) in [7, 11) is 0. The number of nitrogens with one attached hydrogen (secondary N) is 1. The number of nitrogens with zero attached hydrogens (tertiary/aromatic N) is 1. The number of benzene rings is 1. The topological polar surface area (TPSA) is 68.1 Å². The number of hydrogen-bond acceptors (Lipinski definition) is 4. The van der Waals surface area contributed by atoms with Gasteiger partial charge in [-0.1, -0.05) is 12.1 Å². The van der Waals surface area contributed by atoms with Crippen molar-refractivity contribution in [2.45, 2.75) is 13.3 Å². The van der Waals surface area contributed by atoms with E-state index in [1.165, 1.54) is 6.26 Å². The molecule has 0 atom stereocenters. The Morgan fingerprint density at radius 3 is 2.67 bits per heavy atom. The Hall–Kier alpha value is -3.60. The summed E-state index contributed by atoms with van der Waals surface area (Å²) < 4.78 is 11.2. The van der Waals surface area contributed by atoms with Gasteiger partial charge >= 0.3 is 0 Å². The van der Waals surface area contributed by atoms with E-state index in [0.29, 0.717) is 23.7 Å².